The fourth-order valence-corrected chi connectivity index (χ4v) is 2.18. The number of carbonyl (C=O) groups is 3. The first-order valence-corrected chi connectivity index (χ1v) is 5.92. The molecule has 1 unspecified atom stereocenters. The van der Waals surface area contributed by atoms with Gasteiger partial charge in [-0.05, 0) is 6.07 Å². The number of carboxylic acids is 1. The van der Waals surface area contributed by atoms with E-state index in [9.17, 15) is 24.5 Å². The number of hydrogen-bond acceptors (Lipinski definition) is 5. The molecule has 110 valence electrons. The summed E-state index contributed by atoms with van der Waals surface area (Å²) in [5, 5.41) is 19.8. The van der Waals surface area contributed by atoms with Gasteiger partial charge in [-0.3, -0.25) is 19.7 Å². The van der Waals surface area contributed by atoms with Crippen molar-refractivity contribution < 1.29 is 24.4 Å². The number of nitrogens with zero attached hydrogens (tertiary/aromatic N) is 2. The van der Waals surface area contributed by atoms with E-state index >= 15 is 0 Å². The number of amides is 2. The maximum atomic E-state index is 11.9. The van der Waals surface area contributed by atoms with Crippen LogP contribution in [0.1, 0.15) is 16.8 Å². The Labute approximate surface area is 118 Å². The van der Waals surface area contributed by atoms with Crippen molar-refractivity contribution in [3.05, 3.63) is 33.9 Å². The predicted molar refractivity (Wildman–Crippen MR) is 69.7 cm³/mol. The molecule has 9 heteroatoms. The fraction of sp³-hybridized carbons (Fsp3) is 0.250. The predicted octanol–water partition coefficient (Wildman–Crippen LogP) is 0.131. The monoisotopic (exact) mass is 293 g/mol. The molecular weight excluding hydrogens is 282 g/mol. The second kappa shape index (κ2) is 5.19. The molecule has 1 fully saturated rings. The van der Waals surface area contributed by atoms with E-state index in [0.717, 1.165) is 17.0 Å². The molecule has 1 aromatic rings. The van der Waals surface area contributed by atoms with Gasteiger partial charge in [-0.1, -0.05) is 0 Å². The molecular formula is C12H11N3O6. The standard InChI is InChI=1S/C12H11N3O6/c13-11(17)6-3-10(16)14(5-6)9-2-1-7(15(20)21)4-8(9)12(18)19/h1-2,4,6H,3,5H2,(H2,13,17)(H,18,19). The topological polar surface area (TPSA) is 144 Å². The number of primary amides is 1. The van der Waals surface area contributed by atoms with E-state index in [0.29, 0.717) is 0 Å². The highest BCUT2D eigenvalue weighted by Crippen LogP contribution is 2.30. The van der Waals surface area contributed by atoms with Crippen molar-refractivity contribution in [3.63, 3.8) is 0 Å². The van der Waals surface area contributed by atoms with Gasteiger partial charge in [-0.2, -0.15) is 0 Å². The quantitative estimate of drug-likeness (QED) is 0.596. The molecule has 0 bridgehead atoms. The van der Waals surface area contributed by atoms with Crippen LogP contribution < -0.4 is 10.6 Å². The van der Waals surface area contributed by atoms with E-state index in [1.54, 1.807) is 0 Å². The molecule has 3 N–H and O–H groups in total. The zero-order valence-corrected chi connectivity index (χ0v) is 10.7. The summed E-state index contributed by atoms with van der Waals surface area (Å²) in [6.45, 7) is -0.0355. The molecule has 0 aliphatic carbocycles. The van der Waals surface area contributed by atoms with Crippen LogP contribution in [-0.2, 0) is 9.59 Å². The third-order valence-corrected chi connectivity index (χ3v) is 3.24. The zero-order valence-electron chi connectivity index (χ0n) is 10.7. The molecule has 0 spiro atoms. The van der Waals surface area contributed by atoms with E-state index in [1.165, 1.54) is 6.07 Å². The number of nitro benzene ring substituents is 1. The Morgan fingerprint density at radius 2 is 2.10 bits per heavy atom. The number of non-ortho nitro benzene ring substituents is 1. The summed E-state index contributed by atoms with van der Waals surface area (Å²) in [7, 11) is 0. The highest BCUT2D eigenvalue weighted by atomic mass is 16.6. The molecule has 0 saturated carbocycles. The fourth-order valence-electron chi connectivity index (χ4n) is 2.18. The van der Waals surface area contributed by atoms with Crippen molar-refractivity contribution in [2.45, 2.75) is 6.42 Å². The Hall–Kier alpha value is -2.97. The summed E-state index contributed by atoms with van der Waals surface area (Å²) in [4.78, 5) is 45.3. The lowest BCUT2D eigenvalue weighted by Crippen LogP contribution is -2.29. The third-order valence-electron chi connectivity index (χ3n) is 3.24. The maximum absolute atomic E-state index is 11.9. The number of carbonyl (C=O) groups excluding carboxylic acids is 2. The molecule has 1 heterocycles. The number of benzene rings is 1. The summed E-state index contributed by atoms with van der Waals surface area (Å²) < 4.78 is 0. The first-order chi connectivity index (χ1) is 9.81. The van der Waals surface area contributed by atoms with Crippen LogP contribution in [0.2, 0.25) is 0 Å². The number of hydrogen-bond donors (Lipinski definition) is 2. The highest BCUT2D eigenvalue weighted by molar-refractivity contribution is 6.05. The van der Waals surface area contributed by atoms with Crippen molar-refractivity contribution in [2.75, 3.05) is 11.4 Å². The first-order valence-electron chi connectivity index (χ1n) is 5.92. The second-order valence-corrected chi connectivity index (χ2v) is 4.57. The second-order valence-electron chi connectivity index (χ2n) is 4.57. The van der Waals surface area contributed by atoms with Gasteiger partial charge in [0.25, 0.3) is 5.69 Å². The molecule has 9 nitrogen and oxygen atoms in total. The van der Waals surface area contributed by atoms with E-state index in [-0.39, 0.29) is 24.2 Å². The van der Waals surface area contributed by atoms with Crippen molar-refractivity contribution in [1.82, 2.24) is 0 Å². The van der Waals surface area contributed by atoms with Crippen molar-refractivity contribution in [1.29, 1.82) is 0 Å². The van der Waals surface area contributed by atoms with Gasteiger partial charge in [0.1, 0.15) is 0 Å². The van der Waals surface area contributed by atoms with Crippen LogP contribution in [0, 0.1) is 16.0 Å². The van der Waals surface area contributed by atoms with Gasteiger partial charge >= 0.3 is 5.97 Å². The summed E-state index contributed by atoms with van der Waals surface area (Å²) >= 11 is 0. The largest absolute Gasteiger partial charge is 0.478 e. The molecule has 2 rings (SSSR count). The molecule has 1 aliphatic rings. The number of nitrogens with two attached hydrogens (primary N) is 1. The normalized spacial score (nSPS) is 17.8. The number of anilines is 1. The average molecular weight is 293 g/mol. The SMILES string of the molecule is NC(=O)C1CC(=O)N(c2ccc([N+](=O)[O-])cc2C(=O)O)C1. The number of rotatable bonds is 4. The smallest absolute Gasteiger partial charge is 0.338 e. The van der Waals surface area contributed by atoms with E-state index in [2.05, 4.69) is 0 Å². The van der Waals surface area contributed by atoms with Gasteiger partial charge in [0.2, 0.25) is 11.8 Å². The van der Waals surface area contributed by atoms with Gasteiger partial charge in [-0.25, -0.2) is 4.79 Å². The van der Waals surface area contributed by atoms with Crippen molar-refractivity contribution in [3.8, 4) is 0 Å². The molecule has 1 saturated heterocycles. The number of nitro groups is 1. The van der Waals surface area contributed by atoms with Crippen LogP contribution in [-0.4, -0.2) is 34.4 Å². The molecule has 21 heavy (non-hydrogen) atoms. The van der Waals surface area contributed by atoms with Crippen molar-refractivity contribution >= 4 is 29.2 Å². The lowest BCUT2D eigenvalue weighted by molar-refractivity contribution is -0.384. The first kappa shape index (κ1) is 14.4. The van der Waals surface area contributed by atoms with Crippen LogP contribution in [0.15, 0.2) is 18.2 Å². The number of aromatic carboxylic acids is 1. The van der Waals surface area contributed by atoms with Gasteiger partial charge < -0.3 is 15.7 Å². The minimum Gasteiger partial charge on any atom is -0.478 e. The minimum absolute atomic E-state index is 0.0156. The Balaban J connectivity index is 2.44. The molecule has 0 radical (unpaired) electrons. The summed E-state index contributed by atoms with van der Waals surface area (Å²) in [6, 6.07) is 3.16. The summed E-state index contributed by atoms with van der Waals surface area (Å²) in [5.74, 6) is -3.20. The molecule has 1 aliphatic heterocycles. The van der Waals surface area contributed by atoms with Gasteiger partial charge in [0, 0.05) is 25.1 Å². The van der Waals surface area contributed by atoms with Crippen LogP contribution >= 0.6 is 0 Å². The average Bonchev–Trinajstić information content (AvgIpc) is 2.80. The lowest BCUT2D eigenvalue weighted by atomic mass is 10.1. The van der Waals surface area contributed by atoms with E-state index in [4.69, 9.17) is 10.8 Å². The third kappa shape index (κ3) is 2.66. The van der Waals surface area contributed by atoms with Crippen LogP contribution in [0.5, 0.6) is 0 Å². The summed E-state index contributed by atoms with van der Waals surface area (Å²) in [6.07, 6.45) is -0.106. The van der Waals surface area contributed by atoms with Gasteiger partial charge in [0.05, 0.1) is 22.1 Å². The van der Waals surface area contributed by atoms with Crippen LogP contribution in [0.4, 0.5) is 11.4 Å². The van der Waals surface area contributed by atoms with Crippen molar-refractivity contribution in [2.24, 2.45) is 11.7 Å². The molecule has 2 amide bonds. The van der Waals surface area contributed by atoms with Gasteiger partial charge in [-0.15, -0.1) is 0 Å². The lowest BCUT2D eigenvalue weighted by Gasteiger charge is -2.18. The van der Waals surface area contributed by atoms with E-state index in [1.807, 2.05) is 0 Å². The molecule has 1 aromatic carbocycles. The maximum Gasteiger partial charge on any atom is 0.338 e. The Bertz CT molecular complexity index is 656. The minimum atomic E-state index is -1.40. The Kier molecular flexibility index (Phi) is 3.57. The molecule has 1 atom stereocenters. The summed E-state index contributed by atoms with van der Waals surface area (Å²) in [5.41, 5.74) is 4.39. The van der Waals surface area contributed by atoms with Gasteiger partial charge in [0.15, 0.2) is 0 Å². The Morgan fingerprint density at radius 1 is 1.43 bits per heavy atom. The van der Waals surface area contributed by atoms with E-state index < -0.39 is 34.3 Å². The molecule has 0 aromatic heterocycles. The number of carboxylic acid groups (broad SMARTS) is 1. The van der Waals surface area contributed by atoms with Crippen LogP contribution in [0.25, 0.3) is 0 Å². The Morgan fingerprint density at radius 3 is 2.57 bits per heavy atom. The highest BCUT2D eigenvalue weighted by Gasteiger charge is 2.36. The van der Waals surface area contributed by atoms with Crippen LogP contribution in [0.3, 0.4) is 0 Å². The zero-order chi connectivity index (χ0) is 15.7.